The van der Waals surface area contributed by atoms with Gasteiger partial charge in [-0.25, -0.2) is 4.79 Å². The van der Waals surface area contributed by atoms with Gasteiger partial charge in [0.1, 0.15) is 18.1 Å². The van der Waals surface area contributed by atoms with Crippen molar-refractivity contribution in [2.45, 2.75) is 71.1 Å². The smallest absolute Gasteiger partial charge is 0.326 e. The molecule has 182 valence electrons. The van der Waals surface area contributed by atoms with Crippen molar-refractivity contribution >= 4 is 35.6 Å². The quantitative estimate of drug-likeness (QED) is 0.151. The highest BCUT2D eigenvalue weighted by molar-refractivity contribution is 5.96. The molecule has 0 aromatic heterocycles. The molecule has 4 atom stereocenters. The number of amides is 4. The van der Waals surface area contributed by atoms with E-state index in [-0.39, 0.29) is 12.3 Å². The van der Waals surface area contributed by atoms with Crippen LogP contribution in [0.5, 0.6) is 0 Å². The second-order valence-corrected chi connectivity index (χ2v) is 8.06. The number of aliphatic carboxylic acids is 2. The van der Waals surface area contributed by atoms with Gasteiger partial charge in [0, 0.05) is 6.42 Å². The molecule has 0 saturated heterocycles. The van der Waals surface area contributed by atoms with E-state index in [9.17, 15) is 33.9 Å². The number of carbonyl (C=O) groups excluding carboxylic acids is 4. The van der Waals surface area contributed by atoms with Crippen molar-refractivity contribution in [1.29, 1.82) is 0 Å². The average Bonchev–Trinajstić information content (AvgIpc) is 2.66. The lowest BCUT2D eigenvalue weighted by Crippen LogP contribution is -2.59. The number of carboxylic acids is 2. The van der Waals surface area contributed by atoms with Gasteiger partial charge in [0.15, 0.2) is 0 Å². The van der Waals surface area contributed by atoms with Gasteiger partial charge in [0.25, 0.3) is 0 Å². The Morgan fingerprint density at radius 1 is 0.781 bits per heavy atom. The first-order valence-corrected chi connectivity index (χ1v) is 10.1. The third-order valence-electron chi connectivity index (χ3n) is 4.57. The zero-order valence-corrected chi connectivity index (χ0v) is 18.6. The molecule has 0 aromatic rings. The van der Waals surface area contributed by atoms with Crippen LogP contribution in [0, 0.1) is 11.8 Å². The largest absolute Gasteiger partial charge is 0.481 e. The maximum absolute atomic E-state index is 12.7. The minimum absolute atomic E-state index is 0.250. The predicted molar refractivity (Wildman–Crippen MR) is 112 cm³/mol. The van der Waals surface area contributed by atoms with E-state index in [1.54, 1.807) is 27.7 Å². The summed E-state index contributed by atoms with van der Waals surface area (Å²) in [5.74, 6) is -6.76. The third kappa shape index (κ3) is 10.2. The van der Waals surface area contributed by atoms with E-state index in [2.05, 4.69) is 16.0 Å². The molecule has 0 bridgehead atoms. The number of primary amides is 1. The van der Waals surface area contributed by atoms with Crippen molar-refractivity contribution in [2.24, 2.45) is 23.3 Å². The van der Waals surface area contributed by atoms with Crippen LogP contribution >= 0.6 is 0 Å². The van der Waals surface area contributed by atoms with Crippen molar-refractivity contribution in [3.05, 3.63) is 0 Å². The van der Waals surface area contributed by atoms with Gasteiger partial charge in [-0.3, -0.25) is 24.0 Å². The monoisotopic (exact) mass is 459 g/mol. The zero-order valence-electron chi connectivity index (χ0n) is 18.6. The molecule has 0 aliphatic rings. The Hall–Kier alpha value is -3.22. The van der Waals surface area contributed by atoms with E-state index < -0.39 is 78.5 Å². The van der Waals surface area contributed by atoms with Gasteiger partial charge in [0.05, 0.1) is 12.5 Å². The van der Waals surface area contributed by atoms with E-state index in [1.165, 1.54) is 0 Å². The first-order valence-electron chi connectivity index (χ1n) is 10.1. The number of carboxylic acid groups (broad SMARTS) is 2. The lowest BCUT2D eigenvalue weighted by atomic mass is 10.0. The molecule has 32 heavy (non-hydrogen) atoms. The standard InChI is InChI=1S/C19H33N5O8/c1-8(2)14(21)17(29)23-11(7-12(20)25)16(28)24-15(9(3)4)18(30)22-10(19(31)32)5-6-13(26)27/h8-11,14-15H,5-7,21H2,1-4H3,(H2,20,25)(H,22,30)(H,23,29)(H,24,28)(H,26,27)(H,31,32). The first-order chi connectivity index (χ1) is 14.7. The summed E-state index contributed by atoms with van der Waals surface area (Å²) in [4.78, 5) is 70.9. The summed E-state index contributed by atoms with van der Waals surface area (Å²) in [6.07, 6.45) is -1.40. The predicted octanol–water partition coefficient (Wildman–Crippen LogP) is -2.10. The van der Waals surface area contributed by atoms with Gasteiger partial charge in [-0.05, 0) is 18.3 Å². The van der Waals surface area contributed by atoms with Crippen LogP contribution in [-0.2, 0) is 28.8 Å². The number of nitrogens with two attached hydrogens (primary N) is 2. The number of carbonyl (C=O) groups is 6. The van der Waals surface area contributed by atoms with Crippen LogP contribution in [0.25, 0.3) is 0 Å². The van der Waals surface area contributed by atoms with Gasteiger partial charge in [-0.15, -0.1) is 0 Å². The normalized spacial score (nSPS) is 14.7. The third-order valence-corrected chi connectivity index (χ3v) is 4.57. The van der Waals surface area contributed by atoms with Crippen molar-refractivity contribution in [3.63, 3.8) is 0 Å². The summed E-state index contributed by atoms with van der Waals surface area (Å²) < 4.78 is 0. The van der Waals surface area contributed by atoms with Crippen molar-refractivity contribution in [3.8, 4) is 0 Å². The minimum Gasteiger partial charge on any atom is -0.481 e. The summed E-state index contributed by atoms with van der Waals surface area (Å²) in [6.45, 7) is 6.54. The van der Waals surface area contributed by atoms with Gasteiger partial charge in [-0.1, -0.05) is 27.7 Å². The fourth-order valence-corrected chi connectivity index (χ4v) is 2.56. The van der Waals surface area contributed by atoms with Crippen LogP contribution in [0.1, 0.15) is 47.0 Å². The van der Waals surface area contributed by atoms with Crippen LogP contribution in [-0.4, -0.2) is 69.9 Å². The van der Waals surface area contributed by atoms with Gasteiger partial charge in [0.2, 0.25) is 23.6 Å². The van der Waals surface area contributed by atoms with Crippen molar-refractivity contribution in [2.75, 3.05) is 0 Å². The van der Waals surface area contributed by atoms with Crippen molar-refractivity contribution < 1.29 is 39.0 Å². The topological polar surface area (TPSA) is 231 Å². The van der Waals surface area contributed by atoms with Crippen LogP contribution in [0.15, 0.2) is 0 Å². The SMILES string of the molecule is CC(C)C(N)C(=O)NC(CC(N)=O)C(=O)NC(C(=O)NC(CCC(=O)O)C(=O)O)C(C)C. The Morgan fingerprint density at radius 2 is 1.31 bits per heavy atom. The average molecular weight is 460 g/mol. The molecule has 0 aromatic carbocycles. The fourth-order valence-electron chi connectivity index (χ4n) is 2.56. The summed E-state index contributed by atoms with van der Waals surface area (Å²) in [5.41, 5.74) is 10.9. The van der Waals surface area contributed by atoms with Gasteiger partial charge >= 0.3 is 11.9 Å². The number of rotatable bonds is 14. The number of hydrogen-bond donors (Lipinski definition) is 7. The Balaban J connectivity index is 5.45. The molecule has 0 spiro atoms. The molecule has 0 aliphatic heterocycles. The molecular formula is C19H33N5O8. The van der Waals surface area contributed by atoms with Crippen molar-refractivity contribution in [1.82, 2.24) is 16.0 Å². The molecular weight excluding hydrogens is 426 g/mol. The number of nitrogens with one attached hydrogen (secondary N) is 3. The molecule has 4 amide bonds. The summed E-state index contributed by atoms with van der Waals surface area (Å²) >= 11 is 0. The van der Waals surface area contributed by atoms with E-state index in [4.69, 9.17) is 16.6 Å². The highest BCUT2D eigenvalue weighted by atomic mass is 16.4. The van der Waals surface area contributed by atoms with Gasteiger partial charge in [-0.2, -0.15) is 0 Å². The second kappa shape index (κ2) is 13.2. The van der Waals surface area contributed by atoms with Crippen LogP contribution in [0.2, 0.25) is 0 Å². The Labute approximate surface area is 185 Å². The summed E-state index contributed by atoms with van der Waals surface area (Å²) in [7, 11) is 0. The molecule has 0 fully saturated rings. The van der Waals surface area contributed by atoms with E-state index in [0.717, 1.165) is 0 Å². The van der Waals surface area contributed by atoms with Gasteiger partial charge < -0.3 is 37.6 Å². The molecule has 0 radical (unpaired) electrons. The summed E-state index contributed by atoms with van der Waals surface area (Å²) in [6, 6.07) is -5.07. The van der Waals surface area contributed by atoms with Crippen LogP contribution in [0.4, 0.5) is 0 Å². The van der Waals surface area contributed by atoms with E-state index in [0.29, 0.717) is 0 Å². The molecule has 13 nitrogen and oxygen atoms in total. The Kier molecular flexibility index (Phi) is 11.9. The molecule has 0 saturated carbocycles. The number of hydrogen-bond acceptors (Lipinski definition) is 7. The van der Waals surface area contributed by atoms with Crippen LogP contribution < -0.4 is 27.4 Å². The van der Waals surface area contributed by atoms with E-state index in [1.807, 2.05) is 0 Å². The molecule has 0 aliphatic carbocycles. The highest BCUT2D eigenvalue weighted by Crippen LogP contribution is 2.07. The summed E-state index contributed by atoms with van der Waals surface area (Å²) in [5, 5.41) is 24.9. The maximum Gasteiger partial charge on any atom is 0.326 e. The maximum atomic E-state index is 12.7. The molecule has 4 unspecified atom stereocenters. The second-order valence-electron chi connectivity index (χ2n) is 8.06. The lowest BCUT2D eigenvalue weighted by Gasteiger charge is -2.27. The molecule has 9 N–H and O–H groups in total. The van der Waals surface area contributed by atoms with E-state index >= 15 is 0 Å². The lowest BCUT2D eigenvalue weighted by molar-refractivity contribution is -0.144. The zero-order chi connectivity index (χ0) is 25.2. The Morgan fingerprint density at radius 3 is 1.72 bits per heavy atom. The fraction of sp³-hybridized carbons (Fsp3) is 0.684. The minimum atomic E-state index is -1.48. The molecule has 0 heterocycles. The highest BCUT2D eigenvalue weighted by Gasteiger charge is 2.32. The Bertz CT molecular complexity index is 725. The first kappa shape index (κ1) is 28.8. The van der Waals surface area contributed by atoms with Crippen LogP contribution in [0.3, 0.4) is 0 Å². The molecule has 13 heteroatoms. The molecule has 0 rings (SSSR count).